The van der Waals surface area contributed by atoms with Crippen molar-refractivity contribution in [3.05, 3.63) is 65.5 Å². The lowest BCUT2D eigenvalue weighted by Gasteiger charge is -2.18. The summed E-state index contributed by atoms with van der Waals surface area (Å²) in [4.78, 5) is 12.5. The summed E-state index contributed by atoms with van der Waals surface area (Å²) in [6, 6.07) is 9.37. The predicted octanol–water partition coefficient (Wildman–Crippen LogP) is 3.55. The van der Waals surface area contributed by atoms with Crippen LogP contribution in [0.5, 0.6) is 11.5 Å². The molecule has 1 aliphatic rings. The molecule has 0 bridgehead atoms. The van der Waals surface area contributed by atoms with Gasteiger partial charge in [-0.25, -0.2) is 4.68 Å². The van der Waals surface area contributed by atoms with Crippen molar-refractivity contribution < 1.29 is 27.4 Å². The lowest BCUT2D eigenvalue weighted by atomic mass is 10.0. The van der Waals surface area contributed by atoms with E-state index in [9.17, 15) is 18.0 Å². The highest BCUT2D eigenvalue weighted by Crippen LogP contribution is 2.32. The smallest absolute Gasteiger partial charge is 0.416 e. The number of alkyl halides is 3. The Morgan fingerprint density at radius 2 is 1.90 bits per heavy atom. The minimum atomic E-state index is -4.45. The number of ether oxygens (including phenoxy) is 2. The number of nitrogens with zero attached hydrogens (tertiary/aromatic N) is 3. The van der Waals surface area contributed by atoms with Gasteiger partial charge in [-0.3, -0.25) is 4.79 Å². The zero-order valence-corrected chi connectivity index (χ0v) is 15.8. The molecule has 1 amide bonds. The first-order valence-electron chi connectivity index (χ1n) is 9.11. The molecule has 1 atom stereocenters. The van der Waals surface area contributed by atoms with Gasteiger partial charge >= 0.3 is 6.18 Å². The monoisotopic (exact) mass is 418 g/mol. The number of amides is 1. The SMILES string of the molecule is CC(NC(=O)c1cn(-c2ccc3c(c2)OCCO3)nn1)c1cccc(C(F)(F)F)c1. The fourth-order valence-electron chi connectivity index (χ4n) is 3.01. The maximum absolute atomic E-state index is 12.9. The van der Waals surface area contributed by atoms with Crippen molar-refractivity contribution in [3.63, 3.8) is 0 Å². The number of rotatable bonds is 4. The summed E-state index contributed by atoms with van der Waals surface area (Å²) in [5.41, 5.74) is 0.212. The summed E-state index contributed by atoms with van der Waals surface area (Å²) in [5, 5.41) is 10.4. The van der Waals surface area contributed by atoms with Crippen molar-refractivity contribution >= 4 is 5.91 Å². The first-order valence-corrected chi connectivity index (χ1v) is 9.11. The van der Waals surface area contributed by atoms with Crippen molar-refractivity contribution in [2.45, 2.75) is 19.1 Å². The summed E-state index contributed by atoms with van der Waals surface area (Å²) in [7, 11) is 0. The third-order valence-corrected chi connectivity index (χ3v) is 4.58. The fourth-order valence-corrected chi connectivity index (χ4v) is 3.01. The standard InChI is InChI=1S/C20H17F3N4O3/c1-12(13-3-2-4-14(9-13)20(21,22)23)24-19(28)16-11-27(26-25-16)15-5-6-17-18(10-15)30-8-7-29-17/h2-6,9-12H,7-8H2,1H3,(H,24,28). The number of fused-ring (bicyclic) bond motifs is 1. The number of halogens is 3. The number of hydrogen-bond acceptors (Lipinski definition) is 5. The molecule has 0 saturated heterocycles. The number of aromatic nitrogens is 3. The van der Waals surface area contributed by atoms with Crippen molar-refractivity contribution in [3.8, 4) is 17.2 Å². The second kappa shape index (κ2) is 7.69. The summed E-state index contributed by atoms with van der Waals surface area (Å²) in [5.74, 6) is 0.639. The van der Waals surface area contributed by atoms with Crippen LogP contribution in [-0.4, -0.2) is 34.1 Å². The van der Waals surface area contributed by atoms with E-state index in [1.807, 2.05) is 0 Å². The molecule has 1 N–H and O–H groups in total. The molecule has 2 heterocycles. The molecule has 0 saturated carbocycles. The highest BCUT2D eigenvalue weighted by molar-refractivity contribution is 5.92. The first-order chi connectivity index (χ1) is 14.3. The van der Waals surface area contributed by atoms with Crippen LogP contribution in [0.4, 0.5) is 13.2 Å². The normalized spacial score (nSPS) is 14.3. The molecule has 2 aromatic carbocycles. The summed E-state index contributed by atoms with van der Waals surface area (Å²) >= 11 is 0. The van der Waals surface area contributed by atoms with Crippen LogP contribution in [0.25, 0.3) is 5.69 Å². The Labute approximate surface area is 169 Å². The summed E-state index contributed by atoms with van der Waals surface area (Å²) in [6.45, 7) is 2.51. The number of benzene rings is 2. The lowest BCUT2D eigenvalue weighted by Crippen LogP contribution is -2.27. The zero-order valence-electron chi connectivity index (χ0n) is 15.8. The predicted molar refractivity (Wildman–Crippen MR) is 99.7 cm³/mol. The van der Waals surface area contributed by atoms with E-state index in [1.165, 1.54) is 23.0 Å². The molecule has 0 radical (unpaired) electrons. The molecule has 1 aromatic heterocycles. The van der Waals surface area contributed by atoms with Gasteiger partial charge < -0.3 is 14.8 Å². The number of hydrogen-bond donors (Lipinski definition) is 1. The average Bonchev–Trinajstić information content (AvgIpc) is 3.23. The third-order valence-electron chi connectivity index (χ3n) is 4.58. The molecule has 30 heavy (non-hydrogen) atoms. The van der Waals surface area contributed by atoms with Gasteiger partial charge in [-0.15, -0.1) is 5.10 Å². The van der Waals surface area contributed by atoms with Gasteiger partial charge in [0, 0.05) is 6.07 Å². The van der Waals surface area contributed by atoms with Gasteiger partial charge in [-0.1, -0.05) is 17.3 Å². The van der Waals surface area contributed by atoms with Gasteiger partial charge in [0.15, 0.2) is 17.2 Å². The van der Waals surface area contributed by atoms with Gasteiger partial charge in [0.05, 0.1) is 23.5 Å². The average molecular weight is 418 g/mol. The second-order valence-corrected chi connectivity index (χ2v) is 6.69. The van der Waals surface area contributed by atoms with Crippen LogP contribution in [0.1, 0.15) is 34.6 Å². The minimum Gasteiger partial charge on any atom is -0.486 e. The Balaban J connectivity index is 1.48. The van der Waals surface area contributed by atoms with Crippen molar-refractivity contribution in [1.82, 2.24) is 20.3 Å². The summed E-state index contributed by atoms with van der Waals surface area (Å²) < 4.78 is 51.1. The van der Waals surface area contributed by atoms with Crippen molar-refractivity contribution in [2.75, 3.05) is 13.2 Å². The second-order valence-electron chi connectivity index (χ2n) is 6.69. The molecule has 156 valence electrons. The quantitative estimate of drug-likeness (QED) is 0.701. The van der Waals surface area contributed by atoms with Crippen LogP contribution in [0.15, 0.2) is 48.7 Å². The van der Waals surface area contributed by atoms with Crippen molar-refractivity contribution in [2.24, 2.45) is 0 Å². The molecule has 0 spiro atoms. The van der Waals surface area contributed by atoms with E-state index in [4.69, 9.17) is 9.47 Å². The van der Waals surface area contributed by atoms with E-state index in [0.717, 1.165) is 12.1 Å². The third kappa shape index (κ3) is 4.07. The minimum absolute atomic E-state index is 0.0312. The molecule has 7 nitrogen and oxygen atoms in total. The van der Waals surface area contributed by atoms with Crippen LogP contribution in [-0.2, 0) is 6.18 Å². The topological polar surface area (TPSA) is 78.3 Å². The van der Waals surface area contributed by atoms with Crippen LogP contribution in [0, 0.1) is 0 Å². The molecule has 0 aliphatic carbocycles. The Morgan fingerprint density at radius 3 is 2.67 bits per heavy atom. The maximum Gasteiger partial charge on any atom is 0.416 e. The molecule has 1 unspecified atom stereocenters. The van der Waals surface area contributed by atoms with E-state index in [0.29, 0.717) is 36.0 Å². The summed E-state index contributed by atoms with van der Waals surface area (Å²) in [6.07, 6.45) is -3.02. The molecular weight excluding hydrogens is 401 g/mol. The first kappa shape index (κ1) is 19.7. The molecular formula is C20H17F3N4O3. The number of nitrogens with one attached hydrogen (secondary N) is 1. The van der Waals surface area contributed by atoms with Gasteiger partial charge in [-0.05, 0) is 36.8 Å². The van der Waals surface area contributed by atoms with Gasteiger partial charge in [-0.2, -0.15) is 13.2 Å². The van der Waals surface area contributed by atoms with E-state index in [1.54, 1.807) is 25.1 Å². The fraction of sp³-hybridized carbons (Fsp3) is 0.250. The van der Waals surface area contributed by atoms with Crippen LogP contribution in [0.3, 0.4) is 0 Å². The Hall–Kier alpha value is -3.56. The molecule has 3 aromatic rings. The maximum atomic E-state index is 12.9. The van der Waals surface area contributed by atoms with Crippen LogP contribution < -0.4 is 14.8 Å². The Kier molecular flexibility index (Phi) is 5.06. The van der Waals surface area contributed by atoms with Crippen LogP contribution in [0.2, 0.25) is 0 Å². The zero-order chi connectivity index (χ0) is 21.3. The van der Waals surface area contributed by atoms with Crippen molar-refractivity contribution in [1.29, 1.82) is 0 Å². The van der Waals surface area contributed by atoms with Crippen LogP contribution >= 0.6 is 0 Å². The lowest BCUT2D eigenvalue weighted by molar-refractivity contribution is -0.137. The van der Waals surface area contributed by atoms with E-state index in [-0.39, 0.29) is 5.69 Å². The van der Waals surface area contributed by atoms with Gasteiger partial charge in [0.2, 0.25) is 0 Å². The molecule has 4 rings (SSSR count). The largest absolute Gasteiger partial charge is 0.486 e. The van der Waals surface area contributed by atoms with Gasteiger partial charge in [0.25, 0.3) is 5.91 Å². The molecule has 10 heteroatoms. The molecule has 1 aliphatic heterocycles. The van der Waals surface area contributed by atoms with Gasteiger partial charge in [0.1, 0.15) is 13.2 Å². The molecule has 0 fully saturated rings. The highest BCUT2D eigenvalue weighted by Gasteiger charge is 2.30. The Bertz CT molecular complexity index is 1080. The highest BCUT2D eigenvalue weighted by atomic mass is 19.4. The van der Waals surface area contributed by atoms with E-state index in [2.05, 4.69) is 15.6 Å². The van der Waals surface area contributed by atoms with E-state index >= 15 is 0 Å². The number of carbonyl (C=O) groups is 1. The number of carbonyl (C=O) groups excluding carboxylic acids is 1. The Morgan fingerprint density at radius 1 is 1.13 bits per heavy atom. The van der Waals surface area contributed by atoms with E-state index < -0.39 is 23.7 Å².